The Kier molecular flexibility index (Phi) is 6.73. The largest absolute Gasteiger partial charge is 0.328 e. The molecule has 4 nitrogen and oxygen atoms in total. The van der Waals surface area contributed by atoms with Gasteiger partial charge in [-0.3, -0.25) is 9.69 Å². The molecular weight excluding hydrogens is 294 g/mol. The second-order valence-corrected chi connectivity index (χ2v) is 7.33. The monoisotopic (exact) mass is 321 g/mol. The number of carbonyl (C=O) groups is 1. The quantitative estimate of drug-likeness (QED) is 0.845. The molecule has 0 saturated carbocycles. The van der Waals surface area contributed by atoms with Crippen molar-refractivity contribution in [3.05, 3.63) is 29.3 Å². The normalized spacial score (nSPS) is 17.2. The van der Waals surface area contributed by atoms with E-state index >= 15 is 0 Å². The molecule has 122 valence electrons. The molecule has 0 spiro atoms. The number of nitrogens with two attached hydrogens (primary N) is 1. The van der Waals surface area contributed by atoms with E-state index in [1.807, 2.05) is 25.6 Å². The van der Waals surface area contributed by atoms with E-state index in [9.17, 15) is 4.79 Å². The van der Waals surface area contributed by atoms with Gasteiger partial charge in [0.15, 0.2) is 0 Å². The number of hydrogen-bond donors (Lipinski definition) is 2. The minimum Gasteiger partial charge on any atom is -0.328 e. The lowest BCUT2D eigenvalue weighted by Crippen LogP contribution is -2.32. The number of nitrogens with zero attached hydrogens (tertiary/aromatic N) is 1. The lowest BCUT2D eigenvalue weighted by Gasteiger charge is -2.26. The van der Waals surface area contributed by atoms with Crippen molar-refractivity contribution in [1.29, 1.82) is 0 Å². The number of hydrogen-bond acceptors (Lipinski definition) is 4. The number of thioether (sulfide) groups is 1. The smallest absolute Gasteiger partial charge is 0.224 e. The van der Waals surface area contributed by atoms with Crippen LogP contribution in [0.15, 0.2) is 18.2 Å². The first kappa shape index (κ1) is 17.3. The molecule has 1 aliphatic heterocycles. The third-order valence-electron chi connectivity index (χ3n) is 3.91. The first-order valence-electron chi connectivity index (χ1n) is 7.99. The van der Waals surface area contributed by atoms with Crippen LogP contribution in [0.2, 0.25) is 0 Å². The van der Waals surface area contributed by atoms with Crippen molar-refractivity contribution < 1.29 is 4.79 Å². The standard InChI is InChI=1S/C17H27N3OS/c1-13-3-5-15(12-20-7-9-22-10-8-20)11-16(13)19-17(21)6-4-14(2)18/h3,5,11,14H,4,6-10,12,18H2,1-2H3,(H,19,21). The highest BCUT2D eigenvalue weighted by Gasteiger charge is 2.12. The fourth-order valence-electron chi connectivity index (χ4n) is 2.49. The molecule has 1 fully saturated rings. The summed E-state index contributed by atoms with van der Waals surface area (Å²) in [5.41, 5.74) is 9.00. The summed E-state index contributed by atoms with van der Waals surface area (Å²) in [6, 6.07) is 6.43. The highest BCUT2D eigenvalue weighted by Crippen LogP contribution is 2.20. The van der Waals surface area contributed by atoms with Crippen LogP contribution in [0.3, 0.4) is 0 Å². The van der Waals surface area contributed by atoms with E-state index in [-0.39, 0.29) is 11.9 Å². The van der Waals surface area contributed by atoms with Crippen LogP contribution in [0.25, 0.3) is 0 Å². The van der Waals surface area contributed by atoms with Gasteiger partial charge in [0.2, 0.25) is 5.91 Å². The minimum atomic E-state index is 0.0481. The van der Waals surface area contributed by atoms with Crippen LogP contribution in [0.4, 0.5) is 5.69 Å². The summed E-state index contributed by atoms with van der Waals surface area (Å²) in [5, 5.41) is 3.03. The molecule has 0 bridgehead atoms. The van der Waals surface area contributed by atoms with E-state index in [2.05, 4.69) is 28.4 Å². The molecule has 2 rings (SSSR count). The van der Waals surface area contributed by atoms with Crippen LogP contribution >= 0.6 is 11.8 Å². The zero-order valence-corrected chi connectivity index (χ0v) is 14.4. The van der Waals surface area contributed by atoms with Gasteiger partial charge in [-0.2, -0.15) is 11.8 Å². The molecule has 1 aromatic rings. The van der Waals surface area contributed by atoms with Crippen molar-refractivity contribution in [3.8, 4) is 0 Å². The van der Waals surface area contributed by atoms with Gasteiger partial charge in [0.05, 0.1) is 0 Å². The van der Waals surface area contributed by atoms with Crippen molar-refractivity contribution in [2.45, 2.75) is 39.3 Å². The molecular formula is C17H27N3OS. The van der Waals surface area contributed by atoms with Crippen molar-refractivity contribution in [1.82, 2.24) is 4.90 Å². The summed E-state index contributed by atoms with van der Waals surface area (Å²) in [6.07, 6.45) is 1.20. The maximum atomic E-state index is 12.0. The van der Waals surface area contributed by atoms with Gasteiger partial charge in [0, 0.05) is 49.3 Å². The Morgan fingerprint density at radius 2 is 2.14 bits per heavy atom. The van der Waals surface area contributed by atoms with Gasteiger partial charge in [-0.05, 0) is 37.5 Å². The summed E-state index contributed by atoms with van der Waals surface area (Å²) >= 11 is 2.02. The Hall–Kier alpha value is -1.04. The highest BCUT2D eigenvalue weighted by molar-refractivity contribution is 7.99. The molecule has 1 unspecified atom stereocenters. The number of nitrogens with one attached hydrogen (secondary N) is 1. The van der Waals surface area contributed by atoms with E-state index in [4.69, 9.17) is 5.73 Å². The predicted molar refractivity (Wildman–Crippen MR) is 95.3 cm³/mol. The summed E-state index contributed by atoms with van der Waals surface area (Å²) in [4.78, 5) is 14.5. The van der Waals surface area contributed by atoms with Gasteiger partial charge in [-0.25, -0.2) is 0 Å². The van der Waals surface area contributed by atoms with Gasteiger partial charge in [0.25, 0.3) is 0 Å². The van der Waals surface area contributed by atoms with Crippen LogP contribution in [0.5, 0.6) is 0 Å². The van der Waals surface area contributed by atoms with E-state index in [1.54, 1.807) is 0 Å². The average Bonchev–Trinajstić information content (AvgIpc) is 2.50. The Balaban J connectivity index is 1.95. The molecule has 5 heteroatoms. The maximum Gasteiger partial charge on any atom is 0.224 e. The molecule has 1 heterocycles. The van der Waals surface area contributed by atoms with Gasteiger partial charge < -0.3 is 11.1 Å². The number of carbonyl (C=O) groups excluding carboxylic acids is 1. The fourth-order valence-corrected chi connectivity index (χ4v) is 3.47. The Bertz CT molecular complexity index is 499. The average molecular weight is 321 g/mol. The van der Waals surface area contributed by atoms with Crippen LogP contribution in [0.1, 0.15) is 30.9 Å². The van der Waals surface area contributed by atoms with E-state index in [1.165, 1.54) is 17.1 Å². The van der Waals surface area contributed by atoms with E-state index < -0.39 is 0 Å². The molecule has 1 atom stereocenters. The lowest BCUT2D eigenvalue weighted by molar-refractivity contribution is -0.116. The number of rotatable bonds is 6. The molecule has 0 aromatic heterocycles. The first-order chi connectivity index (χ1) is 10.5. The summed E-state index contributed by atoms with van der Waals surface area (Å²) < 4.78 is 0. The molecule has 1 amide bonds. The second kappa shape index (κ2) is 8.56. The number of benzene rings is 1. The maximum absolute atomic E-state index is 12.0. The fraction of sp³-hybridized carbons (Fsp3) is 0.588. The molecule has 3 N–H and O–H groups in total. The van der Waals surface area contributed by atoms with Crippen LogP contribution in [0, 0.1) is 6.92 Å². The number of amides is 1. The molecule has 1 aromatic carbocycles. The number of anilines is 1. The predicted octanol–water partition coefficient (Wildman–Crippen LogP) is 2.61. The minimum absolute atomic E-state index is 0.0481. The third kappa shape index (κ3) is 5.63. The van der Waals surface area contributed by atoms with Crippen LogP contribution < -0.4 is 11.1 Å². The van der Waals surface area contributed by atoms with Crippen LogP contribution in [-0.2, 0) is 11.3 Å². The van der Waals surface area contributed by atoms with Crippen molar-refractivity contribution in [2.24, 2.45) is 5.73 Å². The molecule has 0 aliphatic carbocycles. The Morgan fingerprint density at radius 1 is 1.41 bits per heavy atom. The Labute approximate surface area is 137 Å². The number of aryl methyl sites for hydroxylation is 1. The summed E-state index contributed by atoms with van der Waals surface area (Å²) in [6.45, 7) is 7.21. The topological polar surface area (TPSA) is 58.4 Å². The van der Waals surface area contributed by atoms with E-state index in [0.717, 1.165) is 37.3 Å². The van der Waals surface area contributed by atoms with Gasteiger partial charge in [0.1, 0.15) is 0 Å². The lowest BCUT2D eigenvalue weighted by atomic mass is 10.1. The molecule has 0 radical (unpaired) electrons. The first-order valence-corrected chi connectivity index (χ1v) is 9.15. The van der Waals surface area contributed by atoms with Crippen molar-refractivity contribution in [3.63, 3.8) is 0 Å². The summed E-state index contributed by atoms with van der Waals surface area (Å²) in [5.74, 6) is 2.48. The highest BCUT2D eigenvalue weighted by atomic mass is 32.2. The Morgan fingerprint density at radius 3 is 2.82 bits per heavy atom. The zero-order chi connectivity index (χ0) is 15.9. The third-order valence-corrected chi connectivity index (χ3v) is 4.86. The molecule has 1 saturated heterocycles. The summed E-state index contributed by atoms with van der Waals surface area (Å²) in [7, 11) is 0. The zero-order valence-electron chi connectivity index (χ0n) is 13.6. The van der Waals surface area contributed by atoms with E-state index in [0.29, 0.717) is 6.42 Å². The molecule has 1 aliphatic rings. The van der Waals surface area contributed by atoms with Crippen molar-refractivity contribution >= 4 is 23.4 Å². The SMILES string of the molecule is Cc1ccc(CN2CCSCC2)cc1NC(=O)CCC(C)N. The van der Waals surface area contributed by atoms with Crippen LogP contribution in [-0.4, -0.2) is 41.4 Å². The van der Waals surface area contributed by atoms with Gasteiger partial charge in [-0.1, -0.05) is 12.1 Å². The molecule has 22 heavy (non-hydrogen) atoms. The van der Waals surface area contributed by atoms with Crippen molar-refractivity contribution in [2.75, 3.05) is 29.9 Å². The van der Waals surface area contributed by atoms with Gasteiger partial charge in [-0.15, -0.1) is 0 Å². The second-order valence-electron chi connectivity index (χ2n) is 6.10. The van der Waals surface area contributed by atoms with Gasteiger partial charge >= 0.3 is 0 Å².